The molecule has 0 aliphatic carbocycles. The van der Waals surface area contributed by atoms with Gasteiger partial charge in [0.05, 0.1) is 18.2 Å². The molecule has 0 unspecified atom stereocenters. The minimum Gasteiger partial charge on any atom is -0.395 e. The number of aliphatic hydroxyl groups is 1. The summed E-state index contributed by atoms with van der Waals surface area (Å²) in [5.74, 6) is 2.07. The maximum atomic E-state index is 9.96. The van der Waals surface area contributed by atoms with Crippen molar-refractivity contribution < 1.29 is 5.11 Å². The van der Waals surface area contributed by atoms with Crippen molar-refractivity contribution in [1.82, 2.24) is 9.88 Å². The number of piperidine rings is 3. The predicted octanol–water partition coefficient (Wildman–Crippen LogP) is 1.62. The number of aromatic nitrogens is 1. The third-order valence-electron chi connectivity index (χ3n) is 6.01. The number of aliphatic hydroxyl groups excluding tert-OH is 1. The van der Waals surface area contributed by atoms with Gasteiger partial charge >= 0.3 is 0 Å². The van der Waals surface area contributed by atoms with E-state index in [0.29, 0.717) is 29.5 Å². The summed E-state index contributed by atoms with van der Waals surface area (Å²) >= 11 is 0. The molecule has 3 aliphatic rings. The second kappa shape index (κ2) is 6.10. The van der Waals surface area contributed by atoms with Crippen LogP contribution in [-0.4, -0.2) is 53.3 Å². The number of nitrogens with zero attached hydrogens (tertiary/aromatic N) is 4. The molecule has 0 amide bonds. The fourth-order valence-electron chi connectivity index (χ4n) is 5.01. The highest BCUT2D eigenvalue weighted by molar-refractivity contribution is 5.45. The molecule has 0 aromatic carbocycles. The molecule has 1 aromatic heterocycles. The quantitative estimate of drug-likeness (QED) is 0.899. The van der Waals surface area contributed by atoms with Gasteiger partial charge in [-0.15, -0.1) is 0 Å². The van der Waals surface area contributed by atoms with E-state index in [2.05, 4.69) is 20.9 Å². The van der Waals surface area contributed by atoms with E-state index in [9.17, 15) is 5.11 Å². The zero-order chi connectivity index (χ0) is 15.8. The second-order valence-electron chi connectivity index (χ2n) is 7.23. The molecule has 3 fully saturated rings. The van der Waals surface area contributed by atoms with Crippen molar-refractivity contribution in [2.24, 2.45) is 11.8 Å². The molecule has 5 heteroatoms. The van der Waals surface area contributed by atoms with E-state index in [-0.39, 0.29) is 6.61 Å². The van der Waals surface area contributed by atoms with Gasteiger partial charge in [0.2, 0.25) is 0 Å². The largest absolute Gasteiger partial charge is 0.395 e. The van der Waals surface area contributed by atoms with Crippen LogP contribution in [0.25, 0.3) is 0 Å². The van der Waals surface area contributed by atoms with Crippen molar-refractivity contribution in [3.8, 4) is 6.07 Å². The van der Waals surface area contributed by atoms with Crippen LogP contribution < -0.4 is 4.90 Å². The summed E-state index contributed by atoms with van der Waals surface area (Å²) in [5, 5.41) is 19.1. The molecule has 1 aromatic rings. The van der Waals surface area contributed by atoms with Gasteiger partial charge in [-0.05, 0) is 49.8 Å². The molecule has 0 spiro atoms. The lowest BCUT2D eigenvalue weighted by atomic mass is 9.72. The van der Waals surface area contributed by atoms with E-state index in [1.54, 1.807) is 12.3 Å². The first kappa shape index (κ1) is 14.9. The van der Waals surface area contributed by atoms with Crippen molar-refractivity contribution in [3.63, 3.8) is 0 Å². The van der Waals surface area contributed by atoms with Crippen LogP contribution in [0.1, 0.15) is 31.2 Å². The molecule has 4 atom stereocenters. The summed E-state index contributed by atoms with van der Waals surface area (Å²) in [7, 11) is 0. The van der Waals surface area contributed by atoms with E-state index >= 15 is 0 Å². The Morgan fingerprint density at radius 1 is 1.30 bits per heavy atom. The molecule has 5 nitrogen and oxygen atoms in total. The first-order chi connectivity index (χ1) is 11.3. The van der Waals surface area contributed by atoms with Crippen LogP contribution in [0.15, 0.2) is 18.3 Å². The highest BCUT2D eigenvalue weighted by Gasteiger charge is 2.47. The van der Waals surface area contributed by atoms with E-state index in [0.717, 1.165) is 25.5 Å². The molecule has 3 saturated heterocycles. The van der Waals surface area contributed by atoms with Crippen LogP contribution in [0.3, 0.4) is 0 Å². The molecular weight excluding hydrogens is 288 g/mol. The Balaban J connectivity index is 1.61. The predicted molar refractivity (Wildman–Crippen MR) is 88.0 cm³/mol. The second-order valence-corrected chi connectivity index (χ2v) is 7.23. The van der Waals surface area contributed by atoms with Gasteiger partial charge in [-0.25, -0.2) is 4.98 Å². The Bertz CT molecular complexity index is 599. The van der Waals surface area contributed by atoms with Crippen LogP contribution in [0, 0.1) is 23.2 Å². The molecule has 23 heavy (non-hydrogen) atoms. The topological polar surface area (TPSA) is 63.4 Å². The first-order valence-corrected chi connectivity index (χ1v) is 8.78. The van der Waals surface area contributed by atoms with Crippen molar-refractivity contribution in [1.29, 1.82) is 5.26 Å². The molecule has 1 N–H and O–H groups in total. The zero-order valence-electron chi connectivity index (χ0n) is 13.4. The average molecular weight is 312 g/mol. The molecule has 2 bridgehead atoms. The standard InChI is InChI=1S/C18H24N4O/c19-9-13-4-5-20-18(7-13)21-10-14-8-15(11-21)17(12-23)22-6-2-1-3-16(14)22/h4-5,7,14-17,23H,1-3,6,8,10-12H2/t14-,15+,16+,17+/m1/s1. The lowest BCUT2D eigenvalue weighted by molar-refractivity contribution is -0.0518. The summed E-state index contributed by atoms with van der Waals surface area (Å²) in [6, 6.07) is 6.76. The van der Waals surface area contributed by atoms with Gasteiger partial charge in [-0.1, -0.05) is 6.42 Å². The number of rotatable bonds is 2. The number of anilines is 1. The summed E-state index contributed by atoms with van der Waals surface area (Å²) < 4.78 is 0. The fraction of sp³-hybridized carbons (Fsp3) is 0.667. The number of hydrogen-bond donors (Lipinski definition) is 1. The van der Waals surface area contributed by atoms with Crippen LogP contribution in [-0.2, 0) is 0 Å². The van der Waals surface area contributed by atoms with E-state index in [1.165, 1.54) is 25.7 Å². The molecule has 0 radical (unpaired) electrons. The van der Waals surface area contributed by atoms with Crippen LogP contribution in [0.5, 0.6) is 0 Å². The number of fused-ring (bicyclic) bond motifs is 4. The minimum absolute atomic E-state index is 0.257. The Labute approximate surface area is 137 Å². The molecule has 0 saturated carbocycles. The third kappa shape index (κ3) is 2.60. The van der Waals surface area contributed by atoms with Gasteiger partial charge in [0.1, 0.15) is 5.82 Å². The molecule has 4 rings (SSSR count). The number of pyridine rings is 1. The van der Waals surface area contributed by atoms with Gasteiger partial charge in [-0.2, -0.15) is 5.26 Å². The maximum Gasteiger partial charge on any atom is 0.129 e. The van der Waals surface area contributed by atoms with E-state index < -0.39 is 0 Å². The molecule has 3 aliphatic heterocycles. The molecular formula is C18H24N4O. The van der Waals surface area contributed by atoms with Crippen molar-refractivity contribution in [3.05, 3.63) is 23.9 Å². The summed E-state index contributed by atoms with van der Waals surface area (Å²) in [6.07, 6.45) is 6.79. The Morgan fingerprint density at radius 3 is 3.00 bits per heavy atom. The van der Waals surface area contributed by atoms with Crippen molar-refractivity contribution >= 4 is 5.82 Å². The van der Waals surface area contributed by atoms with Crippen LogP contribution in [0.4, 0.5) is 5.82 Å². The van der Waals surface area contributed by atoms with Crippen LogP contribution in [0.2, 0.25) is 0 Å². The number of hydrogen-bond acceptors (Lipinski definition) is 5. The number of nitriles is 1. The summed E-state index contributed by atoms with van der Waals surface area (Å²) in [5.41, 5.74) is 0.670. The van der Waals surface area contributed by atoms with Gasteiger partial charge in [0.15, 0.2) is 0 Å². The third-order valence-corrected chi connectivity index (χ3v) is 6.01. The molecule has 122 valence electrons. The van der Waals surface area contributed by atoms with Gasteiger partial charge in [0, 0.05) is 31.4 Å². The highest BCUT2D eigenvalue weighted by Crippen LogP contribution is 2.41. The van der Waals surface area contributed by atoms with Crippen molar-refractivity contribution in [2.45, 2.75) is 37.8 Å². The van der Waals surface area contributed by atoms with Crippen LogP contribution >= 0.6 is 0 Å². The lowest BCUT2D eigenvalue weighted by Gasteiger charge is -2.56. The maximum absolute atomic E-state index is 9.96. The van der Waals surface area contributed by atoms with Crippen molar-refractivity contribution in [2.75, 3.05) is 31.1 Å². The monoisotopic (exact) mass is 312 g/mol. The summed E-state index contributed by atoms with van der Waals surface area (Å²) in [6.45, 7) is 3.36. The summed E-state index contributed by atoms with van der Waals surface area (Å²) in [4.78, 5) is 9.43. The van der Waals surface area contributed by atoms with E-state index in [1.807, 2.05) is 6.07 Å². The first-order valence-electron chi connectivity index (χ1n) is 8.78. The highest BCUT2D eigenvalue weighted by atomic mass is 16.3. The normalized spacial score (nSPS) is 33.8. The fourth-order valence-corrected chi connectivity index (χ4v) is 5.01. The Hall–Kier alpha value is -1.64. The smallest absolute Gasteiger partial charge is 0.129 e. The Kier molecular flexibility index (Phi) is 3.96. The average Bonchev–Trinajstić information content (AvgIpc) is 2.62. The molecule has 4 heterocycles. The lowest BCUT2D eigenvalue weighted by Crippen LogP contribution is -2.64. The van der Waals surface area contributed by atoms with E-state index in [4.69, 9.17) is 5.26 Å². The minimum atomic E-state index is 0.257. The van der Waals surface area contributed by atoms with Gasteiger partial charge in [-0.3, -0.25) is 4.90 Å². The van der Waals surface area contributed by atoms with Gasteiger partial charge in [0.25, 0.3) is 0 Å². The zero-order valence-corrected chi connectivity index (χ0v) is 13.4. The van der Waals surface area contributed by atoms with Gasteiger partial charge < -0.3 is 10.0 Å². The Morgan fingerprint density at radius 2 is 2.17 bits per heavy atom. The SMILES string of the molecule is N#Cc1ccnc(N2C[C@H]3C[C@@H](C2)[C@H](CO)N2CCCC[C@@H]32)c1.